The average molecular weight is 300 g/mol. The van der Waals surface area contributed by atoms with Gasteiger partial charge in [-0.1, -0.05) is 6.07 Å². The van der Waals surface area contributed by atoms with E-state index < -0.39 is 0 Å². The van der Waals surface area contributed by atoms with Gasteiger partial charge < -0.3 is 15.0 Å². The zero-order valence-electron chi connectivity index (χ0n) is 13.3. The first-order valence-corrected chi connectivity index (χ1v) is 7.09. The molecule has 6 nitrogen and oxygen atoms in total. The molecular weight excluding hydrogens is 280 g/mol. The zero-order chi connectivity index (χ0) is 16.1. The molecule has 6 heteroatoms. The largest absolute Gasteiger partial charge is 0.478 e. The molecular formula is C16H20N4O2. The quantitative estimate of drug-likeness (QED) is 0.919. The number of carbonyl (C=O) groups excluding carboxylic acids is 1. The van der Waals surface area contributed by atoms with Crippen LogP contribution < -0.4 is 15.0 Å². The lowest BCUT2D eigenvalue weighted by atomic mass is 10.2. The fourth-order valence-electron chi connectivity index (χ4n) is 1.87. The fourth-order valence-corrected chi connectivity index (χ4v) is 1.87. The van der Waals surface area contributed by atoms with Gasteiger partial charge in [-0.05, 0) is 32.0 Å². The van der Waals surface area contributed by atoms with E-state index in [-0.39, 0.29) is 5.91 Å². The van der Waals surface area contributed by atoms with Crippen molar-refractivity contribution in [3.05, 3.63) is 36.0 Å². The molecule has 0 saturated carbocycles. The summed E-state index contributed by atoms with van der Waals surface area (Å²) in [5.74, 6) is 0.996. The number of anilines is 3. The molecule has 22 heavy (non-hydrogen) atoms. The molecule has 2 rings (SSSR count). The van der Waals surface area contributed by atoms with Gasteiger partial charge in [-0.3, -0.25) is 4.79 Å². The summed E-state index contributed by atoms with van der Waals surface area (Å²) < 4.78 is 5.46. The maximum Gasteiger partial charge on any atom is 0.230 e. The number of nitrogens with one attached hydrogen (secondary N) is 1. The van der Waals surface area contributed by atoms with Crippen LogP contribution in [0.5, 0.6) is 5.88 Å². The second-order valence-electron chi connectivity index (χ2n) is 4.87. The van der Waals surface area contributed by atoms with Gasteiger partial charge in [0.25, 0.3) is 0 Å². The standard InChI is InChI=1S/C16H20N4O2/c1-5-22-15-11(2)10-17-16(19-15)18-13-7-6-8-14(9-13)20(4)12(3)21/h6-10H,5H2,1-4H3,(H,17,18,19). The molecule has 1 amide bonds. The molecule has 116 valence electrons. The molecule has 0 unspecified atom stereocenters. The molecule has 1 N–H and O–H groups in total. The number of hydrogen-bond acceptors (Lipinski definition) is 5. The number of nitrogens with zero attached hydrogens (tertiary/aromatic N) is 3. The highest BCUT2D eigenvalue weighted by Crippen LogP contribution is 2.22. The Hall–Kier alpha value is -2.63. The zero-order valence-corrected chi connectivity index (χ0v) is 13.3. The number of aryl methyl sites for hydroxylation is 1. The molecule has 2 aromatic rings. The molecule has 1 heterocycles. The van der Waals surface area contributed by atoms with Crippen LogP contribution in [0, 0.1) is 6.92 Å². The van der Waals surface area contributed by atoms with Crippen LogP contribution >= 0.6 is 0 Å². The minimum absolute atomic E-state index is 0.0256. The van der Waals surface area contributed by atoms with Crippen molar-refractivity contribution in [3.63, 3.8) is 0 Å². The van der Waals surface area contributed by atoms with Crippen molar-refractivity contribution in [1.82, 2.24) is 9.97 Å². The van der Waals surface area contributed by atoms with Crippen LogP contribution in [0.4, 0.5) is 17.3 Å². The monoisotopic (exact) mass is 300 g/mol. The maximum absolute atomic E-state index is 11.4. The molecule has 0 aliphatic carbocycles. The second-order valence-corrected chi connectivity index (χ2v) is 4.87. The van der Waals surface area contributed by atoms with Gasteiger partial charge in [-0.2, -0.15) is 4.98 Å². The number of rotatable bonds is 5. The third-order valence-corrected chi connectivity index (χ3v) is 3.17. The highest BCUT2D eigenvalue weighted by atomic mass is 16.5. The van der Waals surface area contributed by atoms with Gasteiger partial charge in [0.15, 0.2) is 0 Å². The Morgan fingerprint density at radius 1 is 1.41 bits per heavy atom. The minimum atomic E-state index is -0.0256. The summed E-state index contributed by atoms with van der Waals surface area (Å²) in [7, 11) is 1.73. The average Bonchev–Trinajstić information content (AvgIpc) is 2.50. The third-order valence-electron chi connectivity index (χ3n) is 3.17. The van der Waals surface area contributed by atoms with E-state index >= 15 is 0 Å². The lowest BCUT2D eigenvalue weighted by molar-refractivity contribution is -0.116. The fraction of sp³-hybridized carbons (Fsp3) is 0.312. The van der Waals surface area contributed by atoms with Crippen molar-refractivity contribution in [2.45, 2.75) is 20.8 Å². The molecule has 0 aliphatic rings. The number of carbonyl (C=O) groups is 1. The van der Waals surface area contributed by atoms with Crippen molar-refractivity contribution in [3.8, 4) is 5.88 Å². The number of aromatic nitrogens is 2. The number of amides is 1. The van der Waals surface area contributed by atoms with E-state index in [1.165, 1.54) is 6.92 Å². The Labute approximate surface area is 130 Å². The second kappa shape index (κ2) is 6.89. The predicted molar refractivity (Wildman–Crippen MR) is 86.7 cm³/mol. The Kier molecular flexibility index (Phi) is 4.93. The summed E-state index contributed by atoms with van der Waals surface area (Å²) in [6.45, 7) is 5.89. The van der Waals surface area contributed by atoms with Gasteiger partial charge in [0.05, 0.1) is 6.61 Å². The molecule has 0 spiro atoms. The highest BCUT2D eigenvalue weighted by molar-refractivity contribution is 5.91. The molecule has 0 aliphatic heterocycles. The first kappa shape index (κ1) is 15.8. The van der Waals surface area contributed by atoms with Crippen LogP contribution in [-0.4, -0.2) is 29.5 Å². The van der Waals surface area contributed by atoms with Crippen LogP contribution in [0.1, 0.15) is 19.4 Å². The van der Waals surface area contributed by atoms with E-state index in [0.29, 0.717) is 18.4 Å². The van der Waals surface area contributed by atoms with Crippen LogP contribution in [0.2, 0.25) is 0 Å². The van der Waals surface area contributed by atoms with Gasteiger partial charge in [0.2, 0.25) is 17.7 Å². The molecule has 0 atom stereocenters. The lowest BCUT2D eigenvalue weighted by Crippen LogP contribution is -2.22. The normalized spacial score (nSPS) is 10.2. The summed E-state index contributed by atoms with van der Waals surface area (Å²) in [6.07, 6.45) is 1.71. The highest BCUT2D eigenvalue weighted by Gasteiger charge is 2.08. The van der Waals surface area contributed by atoms with Gasteiger partial charge in [-0.15, -0.1) is 0 Å². The maximum atomic E-state index is 11.4. The van der Waals surface area contributed by atoms with Crippen molar-refractivity contribution >= 4 is 23.2 Å². The van der Waals surface area contributed by atoms with Crippen LogP contribution in [0.3, 0.4) is 0 Å². The Morgan fingerprint density at radius 2 is 2.18 bits per heavy atom. The molecule has 1 aromatic heterocycles. The van der Waals surface area contributed by atoms with Crippen molar-refractivity contribution in [1.29, 1.82) is 0 Å². The smallest absolute Gasteiger partial charge is 0.230 e. The molecule has 0 radical (unpaired) electrons. The topological polar surface area (TPSA) is 67.3 Å². The van der Waals surface area contributed by atoms with Crippen LogP contribution in [0.25, 0.3) is 0 Å². The van der Waals surface area contributed by atoms with E-state index in [9.17, 15) is 4.79 Å². The third kappa shape index (κ3) is 3.72. The molecule has 0 bridgehead atoms. The minimum Gasteiger partial charge on any atom is -0.478 e. The van der Waals surface area contributed by atoms with E-state index in [1.807, 2.05) is 38.1 Å². The number of benzene rings is 1. The summed E-state index contributed by atoms with van der Waals surface area (Å²) in [4.78, 5) is 21.6. The lowest BCUT2D eigenvalue weighted by Gasteiger charge is -2.16. The summed E-state index contributed by atoms with van der Waals surface area (Å²) in [5.41, 5.74) is 2.49. The molecule has 0 saturated heterocycles. The van der Waals surface area contributed by atoms with E-state index in [2.05, 4.69) is 15.3 Å². The van der Waals surface area contributed by atoms with Crippen LogP contribution in [0.15, 0.2) is 30.5 Å². The summed E-state index contributed by atoms with van der Waals surface area (Å²) in [6, 6.07) is 7.50. The first-order valence-electron chi connectivity index (χ1n) is 7.09. The number of hydrogen-bond donors (Lipinski definition) is 1. The van der Waals surface area contributed by atoms with Gasteiger partial charge in [0.1, 0.15) is 0 Å². The Balaban J connectivity index is 2.22. The summed E-state index contributed by atoms with van der Waals surface area (Å²) >= 11 is 0. The van der Waals surface area contributed by atoms with Crippen molar-refractivity contribution < 1.29 is 9.53 Å². The van der Waals surface area contributed by atoms with Gasteiger partial charge in [-0.25, -0.2) is 4.98 Å². The van der Waals surface area contributed by atoms with E-state index in [1.54, 1.807) is 18.1 Å². The number of ether oxygens (including phenoxy) is 1. The molecule has 0 fully saturated rings. The summed E-state index contributed by atoms with van der Waals surface area (Å²) in [5, 5.41) is 3.12. The van der Waals surface area contributed by atoms with Crippen molar-refractivity contribution in [2.75, 3.05) is 23.9 Å². The van der Waals surface area contributed by atoms with Crippen molar-refractivity contribution in [2.24, 2.45) is 0 Å². The van der Waals surface area contributed by atoms with E-state index in [0.717, 1.165) is 16.9 Å². The van der Waals surface area contributed by atoms with Gasteiger partial charge in [0, 0.05) is 37.1 Å². The molecule has 1 aromatic carbocycles. The first-order chi connectivity index (χ1) is 10.5. The van der Waals surface area contributed by atoms with E-state index in [4.69, 9.17) is 4.74 Å². The van der Waals surface area contributed by atoms with Crippen LogP contribution in [-0.2, 0) is 4.79 Å². The Morgan fingerprint density at radius 3 is 2.86 bits per heavy atom. The van der Waals surface area contributed by atoms with Gasteiger partial charge >= 0.3 is 0 Å². The Bertz CT molecular complexity index is 673. The SMILES string of the molecule is CCOc1nc(Nc2cccc(N(C)C(C)=O)c2)ncc1C. The predicted octanol–water partition coefficient (Wildman–Crippen LogP) is 2.91.